The van der Waals surface area contributed by atoms with Crippen LogP contribution < -0.4 is 4.90 Å². The number of hydrogen-bond acceptors (Lipinski definition) is 7. The van der Waals surface area contributed by atoms with E-state index in [1.807, 2.05) is 6.92 Å². The molecule has 1 aliphatic heterocycles. The zero-order chi connectivity index (χ0) is 22.0. The fourth-order valence-electron chi connectivity index (χ4n) is 3.84. The summed E-state index contributed by atoms with van der Waals surface area (Å²) in [6.45, 7) is 10.3. The predicted octanol–water partition coefficient (Wildman–Crippen LogP) is 2.35. The van der Waals surface area contributed by atoms with Crippen molar-refractivity contribution in [3.63, 3.8) is 0 Å². The van der Waals surface area contributed by atoms with Crippen molar-refractivity contribution in [3.8, 4) is 0 Å². The van der Waals surface area contributed by atoms with E-state index >= 15 is 0 Å². The van der Waals surface area contributed by atoms with E-state index in [0.29, 0.717) is 12.4 Å². The fraction of sp³-hybridized carbons (Fsp3) is 0.409. The van der Waals surface area contributed by atoms with Crippen molar-refractivity contribution in [3.05, 3.63) is 65.0 Å². The van der Waals surface area contributed by atoms with Gasteiger partial charge in [-0.15, -0.1) is 5.10 Å². The van der Waals surface area contributed by atoms with Gasteiger partial charge in [-0.1, -0.05) is 29.8 Å². The number of hydrogen-bond donors (Lipinski definition) is 0. The lowest BCUT2D eigenvalue weighted by molar-refractivity contribution is 0.240. The zero-order valence-corrected chi connectivity index (χ0v) is 19.0. The van der Waals surface area contributed by atoms with E-state index in [0.717, 1.165) is 31.7 Å². The molecule has 1 aromatic heterocycles. The van der Waals surface area contributed by atoms with E-state index in [1.165, 1.54) is 21.5 Å². The van der Waals surface area contributed by atoms with Gasteiger partial charge in [0.25, 0.3) is 0 Å². The largest absolute Gasteiger partial charge is 0.369 e. The van der Waals surface area contributed by atoms with E-state index < -0.39 is 9.84 Å². The molecule has 0 unspecified atom stereocenters. The number of nitrogens with zero attached hydrogens (tertiary/aromatic N) is 6. The van der Waals surface area contributed by atoms with Crippen molar-refractivity contribution in [1.29, 1.82) is 0 Å². The molecule has 9 heteroatoms. The maximum atomic E-state index is 12.8. The molecule has 8 nitrogen and oxygen atoms in total. The summed E-state index contributed by atoms with van der Waals surface area (Å²) < 4.78 is 27.0. The summed E-state index contributed by atoms with van der Waals surface area (Å²) in [5.74, 6) is 0.303. The number of sulfone groups is 1. The molecule has 0 amide bonds. The van der Waals surface area contributed by atoms with Gasteiger partial charge in [-0.2, -0.15) is 0 Å². The number of aromatic nitrogens is 4. The molecule has 0 atom stereocenters. The highest BCUT2D eigenvalue weighted by Gasteiger charge is 2.23. The van der Waals surface area contributed by atoms with Crippen LogP contribution >= 0.6 is 0 Å². The first kappa shape index (κ1) is 21.5. The van der Waals surface area contributed by atoms with E-state index in [4.69, 9.17) is 0 Å². The van der Waals surface area contributed by atoms with Gasteiger partial charge in [-0.25, -0.2) is 13.1 Å². The highest BCUT2D eigenvalue weighted by Crippen LogP contribution is 2.24. The Kier molecular flexibility index (Phi) is 6.06. The van der Waals surface area contributed by atoms with Crippen molar-refractivity contribution in [1.82, 2.24) is 25.1 Å². The van der Waals surface area contributed by atoms with Crippen molar-refractivity contribution in [2.24, 2.45) is 0 Å². The summed E-state index contributed by atoms with van der Waals surface area (Å²) in [6, 6.07) is 13.3. The second kappa shape index (κ2) is 8.76. The first-order valence-electron chi connectivity index (χ1n) is 10.4. The monoisotopic (exact) mass is 440 g/mol. The first-order valence-corrected chi connectivity index (χ1v) is 12.1. The minimum Gasteiger partial charge on any atom is -0.369 e. The smallest absolute Gasteiger partial charge is 0.198 e. The Morgan fingerprint density at radius 2 is 1.65 bits per heavy atom. The summed E-state index contributed by atoms with van der Waals surface area (Å²) in [5.41, 5.74) is 4.92. The molecule has 1 saturated heterocycles. The van der Waals surface area contributed by atoms with Gasteiger partial charge in [-0.05, 0) is 60.5 Å². The summed E-state index contributed by atoms with van der Waals surface area (Å²) in [4.78, 5) is 4.95. The van der Waals surface area contributed by atoms with Gasteiger partial charge in [0.1, 0.15) is 0 Å². The normalized spacial score (nSPS) is 15.4. The van der Waals surface area contributed by atoms with E-state index in [1.54, 1.807) is 24.3 Å². The molecule has 0 bridgehead atoms. The molecule has 0 radical (unpaired) electrons. The van der Waals surface area contributed by atoms with Crippen LogP contribution in [-0.4, -0.2) is 59.7 Å². The van der Waals surface area contributed by atoms with E-state index in [-0.39, 0.29) is 10.8 Å². The molecular formula is C22H28N6O2S. The number of aryl methyl sites for hydroxylation is 2. The Balaban J connectivity index is 1.40. The van der Waals surface area contributed by atoms with Gasteiger partial charge in [0, 0.05) is 31.9 Å². The average Bonchev–Trinajstić information content (AvgIpc) is 3.17. The van der Waals surface area contributed by atoms with Crippen LogP contribution in [0.4, 0.5) is 5.69 Å². The van der Waals surface area contributed by atoms with Crippen LogP contribution in [0.1, 0.15) is 22.5 Å². The van der Waals surface area contributed by atoms with Gasteiger partial charge in [0.15, 0.2) is 21.5 Å². The Bertz CT molecular complexity index is 1150. The van der Waals surface area contributed by atoms with Gasteiger partial charge < -0.3 is 4.90 Å². The van der Waals surface area contributed by atoms with Crippen molar-refractivity contribution >= 4 is 15.5 Å². The Hall–Kier alpha value is -2.78. The van der Waals surface area contributed by atoms with Crippen LogP contribution in [0.15, 0.2) is 47.4 Å². The van der Waals surface area contributed by atoms with Crippen LogP contribution in [0.2, 0.25) is 0 Å². The van der Waals surface area contributed by atoms with Crippen molar-refractivity contribution in [2.75, 3.05) is 31.1 Å². The lowest BCUT2D eigenvalue weighted by Crippen LogP contribution is -2.46. The van der Waals surface area contributed by atoms with Gasteiger partial charge in [-0.3, -0.25) is 4.90 Å². The highest BCUT2D eigenvalue weighted by atomic mass is 32.2. The third-order valence-corrected chi connectivity index (χ3v) is 7.51. The summed E-state index contributed by atoms with van der Waals surface area (Å²) in [7, 11) is -3.52. The second-order valence-corrected chi connectivity index (χ2v) is 10.1. The predicted molar refractivity (Wildman–Crippen MR) is 120 cm³/mol. The molecule has 4 rings (SSSR count). The van der Waals surface area contributed by atoms with Crippen LogP contribution in [0.25, 0.3) is 0 Å². The van der Waals surface area contributed by atoms with Crippen LogP contribution in [0, 0.1) is 20.8 Å². The molecule has 3 aromatic rings. The third kappa shape index (κ3) is 4.77. The molecule has 0 spiro atoms. The summed E-state index contributed by atoms with van der Waals surface area (Å²) in [5, 5.41) is 11.7. The molecular weight excluding hydrogens is 412 g/mol. The Labute approximate surface area is 183 Å². The zero-order valence-electron chi connectivity index (χ0n) is 18.2. The lowest BCUT2D eigenvalue weighted by Gasteiger charge is -2.36. The molecule has 164 valence electrons. The van der Waals surface area contributed by atoms with E-state index in [2.05, 4.69) is 57.4 Å². The SMILES string of the molecule is Cc1ccc(S(=O)(=O)Cn2nnnc2CN2CCN(c3cccc(C)c3C)CC2)cc1. The lowest BCUT2D eigenvalue weighted by atomic mass is 10.1. The third-order valence-electron chi connectivity index (χ3n) is 5.93. The average molecular weight is 441 g/mol. The molecule has 0 saturated carbocycles. The number of rotatable bonds is 6. The molecule has 2 heterocycles. The molecule has 31 heavy (non-hydrogen) atoms. The van der Waals surface area contributed by atoms with Gasteiger partial charge in [0.2, 0.25) is 0 Å². The van der Waals surface area contributed by atoms with Crippen molar-refractivity contribution < 1.29 is 8.42 Å². The minimum atomic E-state index is -3.52. The van der Waals surface area contributed by atoms with Crippen LogP contribution in [0.5, 0.6) is 0 Å². The highest BCUT2D eigenvalue weighted by molar-refractivity contribution is 7.90. The number of tetrazole rings is 1. The van der Waals surface area contributed by atoms with Crippen molar-refractivity contribution in [2.45, 2.75) is 38.1 Å². The topological polar surface area (TPSA) is 84.2 Å². The standard InChI is InChI=1S/C22H28N6O2S/c1-17-7-9-20(10-8-17)31(29,30)16-28-22(23-24-25-28)15-26-11-13-27(14-12-26)21-6-4-5-18(2)19(21)3/h4-10H,11-16H2,1-3H3. The van der Waals surface area contributed by atoms with Gasteiger partial charge >= 0.3 is 0 Å². The van der Waals surface area contributed by atoms with Crippen LogP contribution in [-0.2, 0) is 22.3 Å². The minimum absolute atomic E-state index is 0.263. The maximum Gasteiger partial charge on any atom is 0.198 e. The summed E-state index contributed by atoms with van der Waals surface area (Å²) in [6.07, 6.45) is 0. The molecule has 1 fully saturated rings. The summed E-state index contributed by atoms with van der Waals surface area (Å²) >= 11 is 0. The fourth-order valence-corrected chi connectivity index (χ4v) is 5.07. The molecule has 0 aliphatic carbocycles. The number of benzene rings is 2. The first-order chi connectivity index (χ1) is 14.8. The van der Waals surface area contributed by atoms with Crippen LogP contribution in [0.3, 0.4) is 0 Å². The molecule has 1 aliphatic rings. The second-order valence-electron chi connectivity index (χ2n) is 8.13. The molecule has 2 aromatic carbocycles. The quantitative estimate of drug-likeness (QED) is 0.582. The Morgan fingerprint density at radius 3 is 2.35 bits per heavy atom. The number of anilines is 1. The van der Waals surface area contributed by atoms with E-state index in [9.17, 15) is 8.42 Å². The molecule has 0 N–H and O–H groups in total. The number of piperazine rings is 1. The van der Waals surface area contributed by atoms with Gasteiger partial charge in [0.05, 0.1) is 11.4 Å². The Morgan fingerprint density at radius 1 is 0.935 bits per heavy atom. The maximum absolute atomic E-state index is 12.8.